The van der Waals surface area contributed by atoms with E-state index in [-0.39, 0.29) is 34.1 Å². The molecule has 1 fully saturated rings. The van der Waals surface area contributed by atoms with Gasteiger partial charge in [0.05, 0.1) is 32.8 Å². The minimum Gasteiger partial charge on any atom is -0.394 e. The minimum atomic E-state index is -8.41. The van der Waals surface area contributed by atoms with Gasteiger partial charge in [-0.1, -0.05) is 46.9 Å². The number of anilines is 3. The van der Waals surface area contributed by atoms with Crippen molar-refractivity contribution in [3.8, 4) is 0 Å². The van der Waals surface area contributed by atoms with E-state index in [1.165, 1.54) is 18.2 Å². The zero-order chi connectivity index (χ0) is 30.0. The smallest absolute Gasteiger partial charge is 0.257 e. The molecule has 1 aliphatic carbocycles. The molecule has 0 saturated heterocycles. The zero-order valence-electron chi connectivity index (χ0n) is 20.3. The lowest BCUT2D eigenvalue weighted by atomic mass is 10.00. The Morgan fingerprint density at radius 3 is 2.25 bits per heavy atom. The Morgan fingerprint density at radius 1 is 1.05 bits per heavy atom. The molecule has 0 spiro atoms. The summed E-state index contributed by atoms with van der Waals surface area (Å²) in [4.78, 5) is 23.5. The van der Waals surface area contributed by atoms with Gasteiger partial charge in [0.1, 0.15) is 22.1 Å². The number of nitrogens with one attached hydrogen (secondary N) is 2. The van der Waals surface area contributed by atoms with Gasteiger partial charge in [-0.05, 0) is 48.0 Å². The maximum atomic E-state index is 14.2. The Kier molecular flexibility index (Phi) is 6.86. The fourth-order valence-electron chi connectivity index (χ4n) is 4.31. The van der Waals surface area contributed by atoms with E-state index in [4.69, 9.17) is 40.5 Å². The molecule has 0 bridgehead atoms. The molecule has 1 aliphatic rings. The van der Waals surface area contributed by atoms with Crippen LogP contribution in [0.25, 0.3) is 0 Å². The summed E-state index contributed by atoms with van der Waals surface area (Å²) in [7, 11) is -8.41. The molecule has 15 heteroatoms. The first kappa shape index (κ1) is 30.2. The molecule has 2 atom stereocenters. The molecule has 0 aromatic heterocycles. The van der Waals surface area contributed by atoms with Gasteiger partial charge in [0.15, 0.2) is 15.7 Å². The summed E-state index contributed by atoms with van der Waals surface area (Å²) in [5.74, 6) is -3.98. The van der Waals surface area contributed by atoms with Crippen molar-refractivity contribution in [2.75, 3.05) is 29.2 Å². The number of halogens is 9. The van der Waals surface area contributed by atoms with Crippen LogP contribution in [0.5, 0.6) is 0 Å². The molecule has 1 saturated carbocycles. The Labute approximate surface area is 239 Å². The molecule has 0 aliphatic heterocycles. The number of carbonyl (C=O) groups is 2. The average molecular weight is 647 g/mol. The summed E-state index contributed by atoms with van der Waals surface area (Å²) in [6.45, 7) is -0.214. The highest BCUT2D eigenvalue weighted by Crippen LogP contribution is 2.98. The van der Waals surface area contributed by atoms with Crippen LogP contribution < -0.4 is 16.4 Å². The second-order valence-electron chi connectivity index (χ2n) is 9.59. The van der Waals surface area contributed by atoms with Crippen LogP contribution in [0.2, 0.25) is 5.02 Å². The first-order valence-corrected chi connectivity index (χ1v) is 14.8. The second-order valence-corrected chi connectivity index (χ2v) is 14.8. The Morgan fingerprint density at radius 2 is 1.68 bits per heavy atom. The highest BCUT2D eigenvalue weighted by Gasteiger charge is 2.76. The summed E-state index contributed by atoms with van der Waals surface area (Å²) in [5, 5.41) is 5.12. The van der Waals surface area contributed by atoms with Crippen LogP contribution in [-0.4, -0.2) is 29.3 Å². The first-order chi connectivity index (χ1) is 18.2. The molecule has 40 heavy (non-hydrogen) atoms. The second kappa shape index (κ2) is 9.10. The number of hydrogen-bond donors (Lipinski definition) is 3. The van der Waals surface area contributed by atoms with Crippen molar-refractivity contribution in [3.63, 3.8) is 0 Å². The van der Waals surface area contributed by atoms with E-state index in [1.54, 1.807) is 0 Å². The molecule has 2 unspecified atom stereocenters. The van der Waals surface area contributed by atoms with E-state index in [1.807, 2.05) is 0 Å². The summed E-state index contributed by atoms with van der Waals surface area (Å²) in [5.41, 5.74) is 2.96. The minimum absolute atomic E-state index is 0.0240. The number of carbonyl (C=O) groups excluding carboxylic acids is 2. The summed E-state index contributed by atoms with van der Waals surface area (Å²) in [6.07, 6.45) is 0.0738. The third kappa shape index (κ3) is 5.41. The van der Waals surface area contributed by atoms with Crippen LogP contribution in [0.15, 0.2) is 59.5 Å². The number of hydrogen-bond acceptors (Lipinski definition) is 4. The summed E-state index contributed by atoms with van der Waals surface area (Å²) < 4.78 is 80.9. The fraction of sp³-hybridized carbons (Fsp3) is 0.200. The Bertz CT molecular complexity index is 1540. The molecule has 5 nitrogen and oxygen atoms in total. The number of amides is 1. The first-order valence-electron chi connectivity index (χ1n) is 11.2. The number of nitrogen functional groups attached to an aromatic ring is 1. The highest BCUT2D eigenvalue weighted by atomic mass is 35.5. The van der Waals surface area contributed by atoms with Gasteiger partial charge >= 0.3 is 0 Å². The predicted molar refractivity (Wildman–Crippen MR) is 147 cm³/mol. The normalized spacial score (nSPS) is 21.6. The van der Waals surface area contributed by atoms with E-state index < -0.39 is 59.9 Å². The van der Waals surface area contributed by atoms with Crippen molar-refractivity contribution in [2.45, 2.75) is 15.1 Å². The monoisotopic (exact) mass is 645 g/mol. The number of rotatable bonds is 8. The standard InChI is InChI=1S/C25H20Cl3F6N3O2S/c1-40(31,32,33,34)15-5-2-13(3-6-15)22-24(12-38,25(22,27)28)11-36-14-4-7-17(26)16(10-14)23(39)37-19-9-8-18(29)21(35)20(19)30/h2-10,12,22,36H,11,35H2,1H3,(H,37,39). The van der Waals surface area contributed by atoms with Crippen molar-refractivity contribution >= 4 is 73.9 Å². The van der Waals surface area contributed by atoms with Crippen LogP contribution in [-0.2, 0) is 4.79 Å². The lowest BCUT2D eigenvalue weighted by Gasteiger charge is -2.46. The molecule has 0 heterocycles. The van der Waals surface area contributed by atoms with E-state index in [0.717, 1.165) is 24.3 Å². The predicted octanol–water partition coefficient (Wildman–Crippen LogP) is 8.42. The number of nitrogens with two attached hydrogens (primary N) is 1. The molecule has 4 N–H and O–H groups in total. The van der Waals surface area contributed by atoms with Crippen LogP contribution in [0.1, 0.15) is 21.8 Å². The maximum Gasteiger partial charge on any atom is 0.257 e. The molecular weight excluding hydrogens is 627 g/mol. The van der Waals surface area contributed by atoms with Crippen LogP contribution in [0, 0.1) is 17.0 Å². The molecule has 4 rings (SSSR count). The van der Waals surface area contributed by atoms with Gasteiger partial charge in [-0.15, -0.1) is 15.5 Å². The van der Waals surface area contributed by atoms with Crippen molar-refractivity contribution in [2.24, 2.45) is 5.41 Å². The fourth-order valence-corrected chi connectivity index (χ4v) is 6.30. The number of aldehydes is 1. The van der Waals surface area contributed by atoms with Crippen molar-refractivity contribution in [1.29, 1.82) is 0 Å². The van der Waals surface area contributed by atoms with Crippen molar-refractivity contribution in [3.05, 3.63) is 82.4 Å². The van der Waals surface area contributed by atoms with Crippen molar-refractivity contribution in [1.82, 2.24) is 0 Å². The van der Waals surface area contributed by atoms with Crippen LogP contribution in [0.3, 0.4) is 0 Å². The van der Waals surface area contributed by atoms with E-state index in [0.29, 0.717) is 18.4 Å². The van der Waals surface area contributed by atoms with Gasteiger partial charge in [-0.2, -0.15) is 0 Å². The summed E-state index contributed by atoms with van der Waals surface area (Å²) in [6, 6.07) is 9.10. The Hall–Kier alpha value is -2.80. The number of alkyl halides is 2. The molecule has 3 aromatic rings. The average Bonchev–Trinajstić information content (AvgIpc) is 3.36. The van der Waals surface area contributed by atoms with Gasteiger partial charge < -0.3 is 21.2 Å². The number of benzene rings is 3. The molecular formula is C25H20Cl3F6N3O2S. The maximum absolute atomic E-state index is 14.2. The third-order valence-corrected chi connectivity index (χ3v) is 9.53. The van der Waals surface area contributed by atoms with Gasteiger partial charge in [-0.3, -0.25) is 4.79 Å². The topological polar surface area (TPSA) is 84.2 Å². The molecule has 3 aromatic carbocycles. The van der Waals surface area contributed by atoms with Gasteiger partial charge in [0, 0.05) is 18.2 Å². The summed E-state index contributed by atoms with van der Waals surface area (Å²) >= 11 is 18.9. The van der Waals surface area contributed by atoms with Crippen molar-refractivity contribution < 1.29 is 33.9 Å². The van der Waals surface area contributed by atoms with E-state index in [9.17, 15) is 33.9 Å². The Balaban J connectivity index is 1.54. The van der Waals surface area contributed by atoms with Crippen LogP contribution in [0.4, 0.5) is 41.4 Å². The quantitative estimate of drug-likeness (QED) is 0.0993. The van der Waals surface area contributed by atoms with Gasteiger partial charge in [0.25, 0.3) is 5.91 Å². The largest absolute Gasteiger partial charge is 0.394 e. The van der Waals surface area contributed by atoms with Gasteiger partial charge in [0.2, 0.25) is 0 Å². The lowest BCUT2D eigenvalue weighted by molar-refractivity contribution is -0.112. The SMILES string of the molecule is CS(F)(F)(F)(F)c1ccc(C2C(Cl)(Cl)C2(C=O)CNc2ccc(Cl)c(C(=O)Nc3ccc(F)c(N)c3F)c2)cc1. The molecule has 1 amide bonds. The molecule has 216 valence electrons. The zero-order valence-corrected chi connectivity index (χ0v) is 23.3. The third-order valence-electron chi connectivity index (χ3n) is 6.60. The van der Waals surface area contributed by atoms with E-state index >= 15 is 0 Å². The van der Waals surface area contributed by atoms with E-state index in [2.05, 4.69) is 10.6 Å². The lowest BCUT2D eigenvalue weighted by Crippen LogP contribution is -2.23. The van der Waals surface area contributed by atoms with Crippen LogP contribution >= 0.6 is 44.6 Å². The highest BCUT2D eigenvalue weighted by molar-refractivity contribution is 8.49. The van der Waals surface area contributed by atoms with Gasteiger partial charge in [-0.25, -0.2) is 8.78 Å². The molecule has 0 radical (unpaired) electrons.